The largest absolute Gasteiger partial charge is 0.452 e. The highest BCUT2D eigenvalue weighted by molar-refractivity contribution is 5.99. The normalized spacial score (nSPS) is 9.74. The highest BCUT2D eigenvalue weighted by Crippen LogP contribution is 2.21. The molecule has 118 valence electrons. The number of anilines is 2. The van der Waals surface area contributed by atoms with Crippen molar-refractivity contribution < 1.29 is 19.1 Å². The van der Waals surface area contributed by atoms with Gasteiger partial charge in [0.25, 0.3) is 5.91 Å². The molecule has 0 bridgehead atoms. The van der Waals surface area contributed by atoms with Crippen molar-refractivity contribution in [3.8, 4) is 0 Å². The second-order valence-electron chi connectivity index (χ2n) is 4.53. The molecule has 23 heavy (non-hydrogen) atoms. The Bertz CT molecular complexity index is 716. The van der Waals surface area contributed by atoms with Gasteiger partial charge in [-0.15, -0.1) is 0 Å². The van der Waals surface area contributed by atoms with Crippen molar-refractivity contribution >= 4 is 29.3 Å². The van der Waals surface area contributed by atoms with Crippen LogP contribution in [0.15, 0.2) is 54.6 Å². The third-order valence-corrected chi connectivity index (χ3v) is 2.80. The van der Waals surface area contributed by atoms with E-state index >= 15 is 0 Å². The second-order valence-corrected chi connectivity index (χ2v) is 4.53. The van der Waals surface area contributed by atoms with Crippen LogP contribution in [0.5, 0.6) is 0 Å². The Morgan fingerprint density at radius 3 is 2.30 bits per heavy atom. The summed E-state index contributed by atoms with van der Waals surface area (Å²) in [5, 5.41) is 4.91. The average Bonchev–Trinajstić information content (AvgIpc) is 2.53. The quantitative estimate of drug-likeness (QED) is 0.729. The average molecular weight is 313 g/mol. The van der Waals surface area contributed by atoms with Crippen molar-refractivity contribution in [3.63, 3.8) is 0 Å². The molecule has 0 heterocycles. The molecule has 4 N–H and O–H groups in total. The number of esters is 1. The van der Waals surface area contributed by atoms with Crippen molar-refractivity contribution in [1.29, 1.82) is 0 Å². The van der Waals surface area contributed by atoms with Crippen LogP contribution in [0.25, 0.3) is 0 Å². The SMILES string of the molecule is NC(=O)NC(=O)COC(=O)c1ccccc1Nc1ccccc1. The number of urea groups is 1. The predicted octanol–water partition coefficient (Wildman–Crippen LogP) is 1.78. The number of imide groups is 1. The zero-order valence-electron chi connectivity index (χ0n) is 12.1. The molecule has 0 fully saturated rings. The maximum Gasteiger partial charge on any atom is 0.340 e. The zero-order chi connectivity index (χ0) is 16.7. The van der Waals surface area contributed by atoms with Crippen LogP contribution in [0, 0.1) is 0 Å². The molecule has 0 saturated heterocycles. The van der Waals surface area contributed by atoms with Gasteiger partial charge in [0.2, 0.25) is 0 Å². The van der Waals surface area contributed by atoms with E-state index in [2.05, 4.69) is 5.32 Å². The lowest BCUT2D eigenvalue weighted by Crippen LogP contribution is -2.37. The van der Waals surface area contributed by atoms with Crippen molar-refractivity contribution in [1.82, 2.24) is 5.32 Å². The summed E-state index contributed by atoms with van der Waals surface area (Å²) < 4.78 is 4.87. The summed E-state index contributed by atoms with van der Waals surface area (Å²) in [4.78, 5) is 33.9. The molecule has 2 aromatic carbocycles. The van der Waals surface area contributed by atoms with E-state index in [9.17, 15) is 14.4 Å². The number of nitrogens with one attached hydrogen (secondary N) is 2. The second kappa shape index (κ2) is 7.60. The number of hydrogen-bond donors (Lipinski definition) is 3. The van der Waals surface area contributed by atoms with E-state index in [-0.39, 0.29) is 5.56 Å². The first kappa shape index (κ1) is 16.0. The number of nitrogens with two attached hydrogens (primary N) is 1. The van der Waals surface area contributed by atoms with Crippen LogP contribution in [-0.2, 0) is 9.53 Å². The Morgan fingerprint density at radius 2 is 1.61 bits per heavy atom. The van der Waals surface area contributed by atoms with Gasteiger partial charge in [-0.3, -0.25) is 10.1 Å². The number of benzene rings is 2. The maximum absolute atomic E-state index is 12.1. The smallest absolute Gasteiger partial charge is 0.340 e. The Labute approximate surface area is 132 Å². The van der Waals surface area contributed by atoms with E-state index < -0.39 is 24.5 Å². The molecule has 0 unspecified atom stereocenters. The van der Waals surface area contributed by atoms with Gasteiger partial charge in [0, 0.05) is 5.69 Å². The molecule has 7 nitrogen and oxygen atoms in total. The fourth-order valence-electron chi connectivity index (χ4n) is 1.83. The molecular weight excluding hydrogens is 298 g/mol. The number of rotatable bonds is 5. The van der Waals surface area contributed by atoms with Gasteiger partial charge in [0.1, 0.15) is 0 Å². The molecule has 0 spiro atoms. The summed E-state index contributed by atoms with van der Waals surface area (Å²) in [6, 6.07) is 15.0. The van der Waals surface area contributed by atoms with Crippen LogP contribution in [-0.4, -0.2) is 24.5 Å². The number of ether oxygens (including phenoxy) is 1. The van der Waals surface area contributed by atoms with Crippen LogP contribution in [0.3, 0.4) is 0 Å². The molecule has 0 aromatic heterocycles. The highest BCUT2D eigenvalue weighted by atomic mass is 16.5. The Kier molecular flexibility index (Phi) is 5.30. The zero-order valence-corrected chi connectivity index (χ0v) is 12.1. The van der Waals surface area contributed by atoms with E-state index in [1.54, 1.807) is 24.3 Å². The molecule has 2 aromatic rings. The minimum atomic E-state index is -1.00. The minimum absolute atomic E-state index is 0.267. The molecule has 0 aliphatic heterocycles. The van der Waals surface area contributed by atoms with Crippen molar-refractivity contribution in [3.05, 3.63) is 60.2 Å². The number of carbonyl (C=O) groups excluding carboxylic acids is 3. The topological polar surface area (TPSA) is 111 Å². The lowest BCUT2D eigenvalue weighted by atomic mass is 10.1. The molecule has 0 aliphatic carbocycles. The lowest BCUT2D eigenvalue weighted by molar-refractivity contribution is -0.123. The van der Waals surface area contributed by atoms with E-state index in [1.807, 2.05) is 35.6 Å². The third kappa shape index (κ3) is 4.85. The van der Waals surface area contributed by atoms with E-state index in [0.29, 0.717) is 5.69 Å². The molecule has 0 radical (unpaired) electrons. The Balaban J connectivity index is 2.06. The summed E-state index contributed by atoms with van der Waals surface area (Å²) >= 11 is 0. The molecule has 3 amide bonds. The summed E-state index contributed by atoms with van der Waals surface area (Å²) in [6.45, 7) is -0.596. The van der Waals surface area contributed by atoms with Gasteiger partial charge < -0.3 is 15.8 Å². The molecule has 0 atom stereocenters. The van der Waals surface area contributed by atoms with Gasteiger partial charge in [-0.05, 0) is 24.3 Å². The van der Waals surface area contributed by atoms with Gasteiger partial charge in [0.05, 0.1) is 11.3 Å². The summed E-state index contributed by atoms with van der Waals surface area (Å²) in [5.74, 6) is -1.48. The molecule has 2 rings (SSSR count). The van der Waals surface area contributed by atoms with Gasteiger partial charge >= 0.3 is 12.0 Å². The van der Waals surface area contributed by atoms with Gasteiger partial charge in [-0.25, -0.2) is 9.59 Å². The highest BCUT2D eigenvalue weighted by Gasteiger charge is 2.14. The van der Waals surface area contributed by atoms with Crippen molar-refractivity contribution in [2.45, 2.75) is 0 Å². The molecular formula is C16H15N3O4. The van der Waals surface area contributed by atoms with Crippen LogP contribution >= 0.6 is 0 Å². The minimum Gasteiger partial charge on any atom is -0.452 e. The predicted molar refractivity (Wildman–Crippen MR) is 84.2 cm³/mol. The van der Waals surface area contributed by atoms with Gasteiger partial charge in [-0.2, -0.15) is 0 Å². The van der Waals surface area contributed by atoms with E-state index in [4.69, 9.17) is 10.5 Å². The first-order valence-electron chi connectivity index (χ1n) is 6.74. The van der Waals surface area contributed by atoms with E-state index in [1.165, 1.54) is 0 Å². The summed E-state index contributed by atoms with van der Waals surface area (Å²) in [7, 11) is 0. The molecule has 0 saturated carbocycles. The number of carbonyl (C=O) groups is 3. The van der Waals surface area contributed by atoms with Crippen LogP contribution in [0.4, 0.5) is 16.2 Å². The third-order valence-electron chi connectivity index (χ3n) is 2.80. The Hall–Kier alpha value is -3.35. The number of amides is 3. The summed E-state index contributed by atoms with van der Waals surface area (Å²) in [6.07, 6.45) is 0. The van der Waals surface area contributed by atoms with Crippen molar-refractivity contribution in [2.75, 3.05) is 11.9 Å². The number of hydrogen-bond acceptors (Lipinski definition) is 5. The maximum atomic E-state index is 12.1. The van der Waals surface area contributed by atoms with Gasteiger partial charge in [0.15, 0.2) is 6.61 Å². The fraction of sp³-hybridized carbons (Fsp3) is 0.0625. The number of para-hydroxylation sites is 2. The van der Waals surface area contributed by atoms with Crippen molar-refractivity contribution in [2.24, 2.45) is 5.73 Å². The number of primary amides is 1. The Morgan fingerprint density at radius 1 is 0.957 bits per heavy atom. The fourth-order valence-corrected chi connectivity index (χ4v) is 1.83. The standard InChI is InChI=1S/C16H15N3O4/c17-16(22)19-14(20)10-23-15(21)12-8-4-5-9-13(12)18-11-6-2-1-3-7-11/h1-9,18H,10H2,(H3,17,19,20,22). The lowest BCUT2D eigenvalue weighted by Gasteiger charge is -2.11. The molecule has 7 heteroatoms. The first-order chi connectivity index (χ1) is 11.1. The summed E-state index contributed by atoms with van der Waals surface area (Å²) in [5.41, 5.74) is 6.41. The van der Waals surface area contributed by atoms with Crippen LogP contribution in [0.2, 0.25) is 0 Å². The van der Waals surface area contributed by atoms with Crippen LogP contribution in [0.1, 0.15) is 10.4 Å². The van der Waals surface area contributed by atoms with E-state index in [0.717, 1.165) is 5.69 Å². The monoisotopic (exact) mass is 313 g/mol. The van der Waals surface area contributed by atoms with Gasteiger partial charge in [-0.1, -0.05) is 30.3 Å². The molecule has 0 aliphatic rings. The van der Waals surface area contributed by atoms with Crippen LogP contribution < -0.4 is 16.4 Å². The first-order valence-corrected chi connectivity index (χ1v) is 6.74.